The van der Waals surface area contributed by atoms with E-state index in [1.807, 2.05) is 12.1 Å². The molecule has 2 aromatic carbocycles. The molecule has 2 fully saturated rings. The largest absolute Gasteiger partial charge is 0.416 e. The number of fused-ring (bicyclic) bond motifs is 3. The number of thioether (sulfide) groups is 1. The number of nitrogens with zero attached hydrogens (tertiary/aromatic N) is 4. The highest BCUT2D eigenvalue weighted by molar-refractivity contribution is 8.18. The number of aromatic nitrogens is 2. The lowest BCUT2D eigenvalue weighted by Gasteiger charge is -2.34. The fraction of sp³-hybridized carbons (Fsp3) is 0.370. The molecule has 3 aromatic rings. The summed E-state index contributed by atoms with van der Waals surface area (Å²) in [5.41, 5.74) is 1.15. The van der Waals surface area contributed by atoms with Crippen LogP contribution in [-0.4, -0.2) is 76.5 Å². The molecule has 12 heteroatoms. The lowest BCUT2D eigenvalue weighted by molar-refractivity contribution is -0.138. The van der Waals surface area contributed by atoms with Gasteiger partial charge in [0.2, 0.25) is 0 Å². The predicted molar refractivity (Wildman–Crippen MR) is 146 cm³/mol. The van der Waals surface area contributed by atoms with Crippen LogP contribution in [0.25, 0.3) is 16.5 Å². The van der Waals surface area contributed by atoms with Gasteiger partial charge in [0.1, 0.15) is 0 Å². The molecule has 2 saturated heterocycles. The number of amides is 1. The van der Waals surface area contributed by atoms with Gasteiger partial charge in [-0.3, -0.25) is 14.8 Å². The molecule has 7 nitrogen and oxygen atoms in total. The van der Waals surface area contributed by atoms with Crippen LogP contribution in [0.3, 0.4) is 0 Å². The van der Waals surface area contributed by atoms with Gasteiger partial charge < -0.3 is 9.64 Å². The zero-order chi connectivity index (χ0) is 27.3. The first kappa shape index (κ1) is 26.4. The Morgan fingerprint density at radius 2 is 2.05 bits per heavy atom. The van der Waals surface area contributed by atoms with Gasteiger partial charge in [-0.1, -0.05) is 23.7 Å². The number of carbonyl (C=O) groups is 1. The summed E-state index contributed by atoms with van der Waals surface area (Å²) in [6.07, 6.45) is -2.07. The minimum absolute atomic E-state index is 0.000612. The number of ether oxygens (including phenoxy) is 1. The molecule has 0 saturated carbocycles. The molecular weight excluding hydrogens is 551 g/mol. The van der Waals surface area contributed by atoms with Crippen LogP contribution in [0.5, 0.6) is 0 Å². The van der Waals surface area contributed by atoms with Crippen LogP contribution in [0.2, 0.25) is 5.02 Å². The van der Waals surface area contributed by atoms with E-state index in [1.54, 1.807) is 19.4 Å². The van der Waals surface area contributed by atoms with E-state index in [4.69, 9.17) is 16.3 Å². The van der Waals surface area contributed by atoms with Crippen LogP contribution in [0, 0.1) is 0 Å². The standard InChI is InChI=1S/C27H25ClF3N5O2S/c1-38-7-6-35-13-20-11-19(35)14-36(20)26-33-25(37)24(39-26)21(15-3-5-23-17(8-15)12-32-34-23)9-16-2-4-18(28)10-22(16)27(29,30)31/h2-5,8,10,12,19-20H,6-7,9,11,13-14H2,1H3,(H,32,34). The van der Waals surface area contributed by atoms with Crippen LogP contribution in [0.15, 0.2) is 52.5 Å². The minimum atomic E-state index is -4.59. The summed E-state index contributed by atoms with van der Waals surface area (Å²) >= 11 is 7.18. The Kier molecular flexibility index (Phi) is 6.95. The number of allylic oxidation sites excluding steroid dienone is 1. The number of rotatable bonds is 6. The number of halogens is 4. The molecule has 3 aliphatic heterocycles. The van der Waals surface area contributed by atoms with Gasteiger partial charge in [0, 0.05) is 49.2 Å². The first-order chi connectivity index (χ1) is 18.7. The van der Waals surface area contributed by atoms with Crippen molar-refractivity contribution < 1.29 is 22.7 Å². The lowest BCUT2D eigenvalue weighted by atomic mass is 9.93. The summed E-state index contributed by atoms with van der Waals surface area (Å²) < 4.78 is 47.1. The van der Waals surface area contributed by atoms with Gasteiger partial charge in [-0.15, -0.1) is 0 Å². The number of hydrogen-bond acceptors (Lipinski definition) is 6. The van der Waals surface area contributed by atoms with E-state index in [-0.39, 0.29) is 23.0 Å². The van der Waals surface area contributed by atoms with Crippen molar-refractivity contribution in [1.82, 2.24) is 20.0 Å². The number of piperazine rings is 1. The Labute approximate surface area is 232 Å². The molecule has 1 aromatic heterocycles. The molecule has 0 radical (unpaired) electrons. The molecule has 4 heterocycles. The van der Waals surface area contributed by atoms with E-state index >= 15 is 0 Å². The number of nitrogens with one attached hydrogen (secondary N) is 1. The first-order valence-corrected chi connectivity index (χ1v) is 13.7. The topological polar surface area (TPSA) is 73.8 Å². The number of amidine groups is 1. The molecule has 6 rings (SSSR count). The van der Waals surface area contributed by atoms with Crippen molar-refractivity contribution in [3.63, 3.8) is 0 Å². The third-order valence-electron chi connectivity index (χ3n) is 7.57. The second kappa shape index (κ2) is 10.3. The third-order valence-corrected chi connectivity index (χ3v) is 8.94. The van der Waals surface area contributed by atoms with E-state index in [0.717, 1.165) is 43.0 Å². The van der Waals surface area contributed by atoms with Crippen LogP contribution >= 0.6 is 23.4 Å². The summed E-state index contributed by atoms with van der Waals surface area (Å²) in [5, 5.41) is 8.34. The third kappa shape index (κ3) is 5.08. The number of methoxy groups -OCH3 is 1. The maximum Gasteiger partial charge on any atom is 0.416 e. The Morgan fingerprint density at radius 3 is 2.79 bits per heavy atom. The number of aromatic amines is 1. The number of carbonyl (C=O) groups excluding carboxylic acids is 1. The quantitative estimate of drug-likeness (QED) is 0.406. The number of hydrogen-bond donors (Lipinski definition) is 1. The van der Waals surface area contributed by atoms with Gasteiger partial charge in [-0.2, -0.15) is 23.3 Å². The second-order valence-electron chi connectivity index (χ2n) is 9.94. The summed E-state index contributed by atoms with van der Waals surface area (Å²) in [6.45, 7) is 3.15. The maximum absolute atomic E-state index is 14.0. The van der Waals surface area contributed by atoms with Crippen LogP contribution in [0.4, 0.5) is 13.2 Å². The van der Waals surface area contributed by atoms with E-state index in [0.29, 0.717) is 33.9 Å². The van der Waals surface area contributed by atoms with Gasteiger partial charge in [-0.25, -0.2) is 0 Å². The van der Waals surface area contributed by atoms with E-state index in [2.05, 4.69) is 25.0 Å². The number of H-pyrrole nitrogens is 1. The van der Waals surface area contributed by atoms with Gasteiger partial charge in [0.05, 0.1) is 28.8 Å². The molecule has 204 valence electrons. The first-order valence-electron chi connectivity index (χ1n) is 12.5. The number of alkyl halides is 3. The minimum Gasteiger partial charge on any atom is -0.383 e. The van der Waals surface area contributed by atoms with Crippen molar-refractivity contribution in [3.05, 3.63) is 69.2 Å². The fourth-order valence-corrected chi connectivity index (χ4v) is 6.95. The molecule has 0 aliphatic carbocycles. The Balaban J connectivity index is 1.35. The lowest BCUT2D eigenvalue weighted by Crippen LogP contribution is -2.48. The highest BCUT2D eigenvalue weighted by Crippen LogP contribution is 2.42. The van der Waals surface area contributed by atoms with Crippen molar-refractivity contribution in [3.8, 4) is 0 Å². The highest BCUT2D eigenvalue weighted by Gasteiger charge is 2.46. The van der Waals surface area contributed by atoms with Crippen molar-refractivity contribution in [2.24, 2.45) is 4.99 Å². The Bertz CT molecular complexity index is 1500. The molecule has 2 bridgehead atoms. The Morgan fingerprint density at radius 1 is 1.21 bits per heavy atom. The monoisotopic (exact) mass is 575 g/mol. The molecule has 3 aliphatic rings. The average Bonchev–Trinajstić information content (AvgIpc) is 3.69. The van der Waals surface area contributed by atoms with Gasteiger partial charge in [0.25, 0.3) is 5.91 Å². The second-order valence-corrected chi connectivity index (χ2v) is 11.4. The van der Waals surface area contributed by atoms with Crippen LogP contribution in [-0.2, 0) is 22.1 Å². The van der Waals surface area contributed by atoms with Gasteiger partial charge >= 0.3 is 6.18 Å². The molecular formula is C27H25ClF3N5O2S. The molecule has 2 atom stereocenters. The molecule has 1 N–H and O–H groups in total. The number of benzene rings is 2. The summed E-state index contributed by atoms with van der Waals surface area (Å²) in [4.78, 5) is 22.6. The van der Waals surface area contributed by atoms with Crippen molar-refractivity contribution in [2.45, 2.75) is 31.1 Å². The summed E-state index contributed by atoms with van der Waals surface area (Å²) in [5.74, 6) is -0.432. The van der Waals surface area contributed by atoms with E-state index in [1.165, 1.54) is 23.9 Å². The number of aliphatic imine (C=N–C) groups is 1. The van der Waals surface area contributed by atoms with Crippen LogP contribution in [0.1, 0.15) is 23.1 Å². The van der Waals surface area contributed by atoms with Crippen molar-refractivity contribution >= 4 is 50.9 Å². The average molecular weight is 576 g/mol. The maximum atomic E-state index is 14.0. The summed E-state index contributed by atoms with van der Waals surface area (Å²) in [7, 11) is 1.69. The predicted octanol–water partition coefficient (Wildman–Crippen LogP) is 5.22. The van der Waals surface area contributed by atoms with Crippen molar-refractivity contribution in [2.75, 3.05) is 33.4 Å². The molecule has 2 unspecified atom stereocenters. The van der Waals surface area contributed by atoms with Crippen molar-refractivity contribution in [1.29, 1.82) is 0 Å². The zero-order valence-electron chi connectivity index (χ0n) is 21.0. The van der Waals surface area contributed by atoms with Crippen LogP contribution < -0.4 is 0 Å². The summed E-state index contributed by atoms with van der Waals surface area (Å²) in [6, 6.07) is 9.79. The highest BCUT2D eigenvalue weighted by atomic mass is 35.5. The number of likely N-dealkylation sites (tertiary alicyclic amines) is 2. The van der Waals surface area contributed by atoms with E-state index < -0.39 is 17.6 Å². The molecule has 0 spiro atoms. The normalized spacial score (nSPS) is 22.8. The molecule has 39 heavy (non-hydrogen) atoms. The zero-order valence-corrected chi connectivity index (χ0v) is 22.5. The molecule has 1 amide bonds. The van der Waals surface area contributed by atoms with Gasteiger partial charge in [-0.05, 0) is 65.6 Å². The van der Waals surface area contributed by atoms with Gasteiger partial charge in [0.15, 0.2) is 5.17 Å². The van der Waals surface area contributed by atoms with E-state index in [9.17, 15) is 18.0 Å². The smallest absolute Gasteiger partial charge is 0.383 e. The SMILES string of the molecule is COCCN1CC2CC1CN2C1=NC(=O)C(=C(Cc2ccc(Cl)cc2C(F)(F)F)c2ccc3[nH]ncc3c2)S1. The fourth-order valence-electron chi connectivity index (χ4n) is 5.68. The Hall–Kier alpha value is -2.86.